The average molecular weight is 390 g/mol. The third-order valence-electron chi connectivity index (χ3n) is 2.83. The van der Waals surface area contributed by atoms with Crippen LogP contribution in [-0.2, 0) is 10.0 Å². The molecule has 114 valence electrons. The Bertz CT molecular complexity index is 702. The normalized spacial score (nSPS) is 13.1. The van der Waals surface area contributed by atoms with Crippen molar-refractivity contribution >= 4 is 43.1 Å². The number of hydrogen-bond donors (Lipinski definition) is 2. The molecule has 0 fully saturated rings. The fraction of sp³-hybridized carbons (Fsp3) is 0.308. The number of hydrogen-bond acceptors (Lipinski definition) is 5. The molecule has 8 heteroatoms. The predicted octanol–water partition coefficient (Wildman–Crippen LogP) is 3.38. The molecule has 2 rings (SSSR count). The standard InChI is InChI=1S/C13H16BrN3O2S2/c1-3-15-13-12(6-11(14)7-16-13)21(18,19)17-9(2)10-4-5-20-8-10/h4-9,17H,3H2,1-2H3,(H,15,16). The van der Waals surface area contributed by atoms with E-state index in [4.69, 9.17) is 0 Å². The summed E-state index contributed by atoms with van der Waals surface area (Å²) >= 11 is 4.80. The molecule has 0 bridgehead atoms. The maximum Gasteiger partial charge on any atom is 0.244 e. The Morgan fingerprint density at radius 2 is 2.24 bits per heavy atom. The Labute approximate surface area is 137 Å². The summed E-state index contributed by atoms with van der Waals surface area (Å²) in [6.07, 6.45) is 1.57. The molecule has 2 aromatic rings. The van der Waals surface area contributed by atoms with E-state index in [2.05, 4.69) is 31.0 Å². The molecule has 1 atom stereocenters. The van der Waals surface area contributed by atoms with Crippen molar-refractivity contribution < 1.29 is 8.42 Å². The number of nitrogens with one attached hydrogen (secondary N) is 2. The van der Waals surface area contributed by atoms with Gasteiger partial charge in [0.25, 0.3) is 0 Å². The Hall–Kier alpha value is -0.960. The van der Waals surface area contributed by atoms with Crippen LogP contribution in [0.3, 0.4) is 0 Å². The maximum atomic E-state index is 12.6. The van der Waals surface area contributed by atoms with Crippen molar-refractivity contribution in [2.24, 2.45) is 0 Å². The second kappa shape index (κ2) is 6.87. The maximum absolute atomic E-state index is 12.6. The molecular weight excluding hydrogens is 374 g/mol. The van der Waals surface area contributed by atoms with Crippen molar-refractivity contribution in [2.45, 2.75) is 24.8 Å². The van der Waals surface area contributed by atoms with Crippen LogP contribution in [0.5, 0.6) is 0 Å². The van der Waals surface area contributed by atoms with Crippen LogP contribution in [0.1, 0.15) is 25.5 Å². The van der Waals surface area contributed by atoms with E-state index in [0.29, 0.717) is 16.8 Å². The van der Waals surface area contributed by atoms with Crippen molar-refractivity contribution in [3.05, 3.63) is 39.1 Å². The monoisotopic (exact) mass is 389 g/mol. The molecule has 0 saturated carbocycles. The molecule has 0 aromatic carbocycles. The van der Waals surface area contributed by atoms with Gasteiger partial charge in [0.05, 0.1) is 0 Å². The van der Waals surface area contributed by atoms with E-state index in [1.807, 2.05) is 30.7 Å². The first-order valence-corrected chi connectivity index (χ1v) is 9.59. The first-order valence-electron chi connectivity index (χ1n) is 6.38. The summed E-state index contributed by atoms with van der Waals surface area (Å²) in [4.78, 5) is 4.27. The molecule has 2 heterocycles. The lowest BCUT2D eigenvalue weighted by Crippen LogP contribution is -2.27. The lowest BCUT2D eigenvalue weighted by Gasteiger charge is -2.15. The molecule has 21 heavy (non-hydrogen) atoms. The highest BCUT2D eigenvalue weighted by atomic mass is 79.9. The molecule has 0 saturated heterocycles. The summed E-state index contributed by atoms with van der Waals surface area (Å²) in [5.41, 5.74) is 0.941. The number of nitrogens with zero attached hydrogens (tertiary/aromatic N) is 1. The summed E-state index contributed by atoms with van der Waals surface area (Å²) < 4.78 is 28.5. The summed E-state index contributed by atoms with van der Waals surface area (Å²) in [6, 6.07) is 3.16. The van der Waals surface area contributed by atoms with Gasteiger partial charge in [0, 0.05) is 23.3 Å². The lowest BCUT2D eigenvalue weighted by atomic mass is 10.2. The van der Waals surface area contributed by atoms with Crippen molar-refractivity contribution in [1.82, 2.24) is 9.71 Å². The van der Waals surface area contributed by atoms with E-state index >= 15 is 0 Å². The zero-order valence-corrected chi connectivity index (χ0v) is 14.8. The van der Waals surface area contributed by atoms with E-state index in [0.717, 1.165) is 5.56 Å². The Balaban J connectivity index is 2.33. The number of rotatable bonds is 6. The molecule has 2 N–H and O–H groups in total. The number of sulfonamides is 1. The van der Waals surface area contributed by atoms with Crippen LogP contribution in [0.15, 0.2) is 38.5 Å². The predicted molar refractivity (Wildman–Crippen MR) is 89.2 cm³/mol. The Morgan fingerprint density at radius 1 is 1.48 bits per heavy atom. The molecule has 0 aliphatic rings. The number of thiophene rings is 1. The number of aromatic nitrogens is 1. The fourth-order valence-corrected chi connectivity index (χ4v) is 4.44. The highest BCUT2D eigenvalue weighted by Gasteiger charge is 2.23. The molecule has 0 aliphatic heterocycles. The third-order valence-corrected chi connectivity index (χ3v) is 5.52. The Morgan fingerprint density at radius 3 is 2.86 bits per heavy atom. The smallest absolute Gasteiger partial charge is 0.244 e. The molecule has 2 aromatic heterocycles. The molecule has 0 amide bonds. The van der Waals surface area contributed by atoms with Gasteiger partial charge < -0.3 is 5.32 Å². The third kappa shape index (κ3) is 4.03. The van der Waals surface area contributed by atoms with Crippen molar-refractivity contribution in [1.29, 1.82) is 0 Å². The van der Waals surface area contributed by atoms with Gasteiger partial charge in [0.15, 0.2) is 0 Å². The van der Waals surface area contributed by atoms with Crippen molar-refractivity contribution in [2.75, 3.05) is 11.9 Å². The van der Waals surface area contributed by atoms with Crippen LogP contribution in [-0.4, -0.2) is 19.9 Å². The second-order valence-electron chi connectivity index (χ2n) is 4.43. The van der Waals surface area contributed by atoms with E-state index < -0.39 is 10.0 Å². The summed E-state index contributed by atoms with van der Waals surface area (Å²) in [7, 11) is -3.66. The molecule has 0 radical (unpaired) electrons. The van der Waals surface area contributed by atoms with Gasteiger partial charge in [-0.3, -0.25) is 0 Å². The quantitative estimate of drug-likeness (QED) is 0.794. The van der Waals surface area contributed by atoms with Gasteiger partial charge in [-0.15, -0.1) is 0 Å². The van der Waals surface area contributed by atoms with Crippen LogP contribution >= 0.6 is 27.3 Å². The van der Waals surface area contributed by atoms with Gasteiger partial charge in [0.1, 0.15) is 10.7 Å². The molecule has 0 spiro atoms. The summed E-state index contributed by atoms with van der Waals surface area (Å²) in [5.74, 6) is 0.353. The molecule has 5 nitrogen and oxygen atoms in total. The van der Waals surface area contributed by atoms with Gasteiger partial charge in [-0.2, -0.15) is 11.3 Å². The highest BCUT2D eigenvalue weighted by molar-refractivity contribution is 9.10. The van der Waals surface area contributed by atoms with Gasteiger partial charge in [-0.25, -0.2) is 18.1 Å². The first kappa shape index (κ1) is 16.4. The van der Waals surface area contributed by atoms with E-state index in [9.17, 15) is 8.42 Å². The fourth-order valence-electron chi connectivity index (χ4n) is 1.81. The minimum absolute atomic E-state index is 0.140. The highest BCUT2D eigenvalue weighted by Crippen LogP contribution is 2.25. The topological polar surface area (TPSA) is 71.1 Å². The van der Waals surface area contributed by atoms with E-state index in [-0.39, 0.29) is 10.9 Å². The van der Waals surface area contributed by atoms with Crippen molar-refractivity contribution in [3.8, 4) is 0 Å². The summed E-state index contributed by atoms with van der Waals surface area (Å²) in [6.45, 7) is 4.30. The van der Waals surface area contributed by atoms with Gasteiger partial charge in [-0.1, -0.05) is 0 Å². The van der Waals surface area contributed by atoms with Crippen LogP contribution < -0.4 is 10.0 Å². The zero-order chi connectivity index (χ0) is 15.5. The van der Waals surface area contributed by atoms with E-state index in [1.165, 1.54) is 11.3 Å². The molecule has 0 aliphatic carbocycles. The van der Waals surface area contributed by atoms with Crippen LogP contribution in [0, 0.1) is 0 Å². The molecular formula is C13H16BrN3O2S2. The lowest BCUT2D eigenvalue weighted by molar-refractivity contribution is 0.567. The van der Waals surface area contributed by atoms with Crippen molar-refractivity contribution in [3.63, 3.8) is 0 Å². The van der Waals surface area contributed by atoms with Crippen LogP contribution in [0.4, 0.5) is 5.82 Å². The summed E-state index contributed by atoms with van der Waals surface area (Å²) in [5, 5.41) is 6.82. The van der Waals surface area contributed by atoms with Gasteiger partial charge in [0.2, 0.25) is 10.0 Å². The molecule has 1 unspecified atom stereocenters. The SMILES string of the molecule is CCNc1ncc(Br)cc1S(=O)(=O)NC(C)c1ccsc1. The zero-order valence-electron chi connectivity index (χ0n) is 11.6. The average Bonchev–Trinajstić information content (AvgIpc) is 2.94. The van der Waals surface area contributed by atoms with E-state index in [1.54, 1.807) is 12.3 Å². The first-order chi connectivity index (χ1) is 9.94. The number of halogens is 1. The van der Waals surface area contributed by atoms with Crippen LogP contribution in [0.2, 0.25) is 0 Å². The minimum Gasteiger partial charge on any atom is -0.369 e. The van der Waals surface area contributed by atoms with Gasteiger partial charge in [-0.05, 0) is 58.2 Å². The largest absolute Gasteiger partial charge is 0.369 e. The van der Waals surface area contributed by atoms with Gasteiger partial charge >= 0.3 is 0 Å². The Kier molecular flexibility index (Phi) is 5.37. The second-order valence-corrected chi connectivity index (χ2v) is 7.81. The number of anilines is 1. The van der Waals surface area contributed by atoms with Crippen LogP contribution in [0.25, 0.3) is 0 Å². The minimum atomic E-state index is -3.66. The number of pyridine rings is 1.